The molecule has 0 saturated carbocycles. The molecule has 0 saturated heterocycles. The molecule has 0 bridgehead atoms. The highest BCUT2D eigenvalue weighted by atomic mass is 16.3. The second-order valence-electron chi connectivity index (χ2n) is 3.92. The van der Waals surface area contributed by atoms with Gasteiger partial charge < -0.3 is 10.0 Å². The number of aromatic hydroxyl groups is 1. The predicted octanol–water partition coefficient (Wildman–Crippen LogP) is 1.83. The third kappa shape index (κ3) is 2.71. The summed E-state index contributed by atoms with van der Waals surface area (Å²) in [6, 6.07) is 5.61. The Morgan fingerprint density at radius 1 is 1.40 bits per heavy atom. The minimum atomic E-state index is 0.308. The number of nitrogens with zero attached hydrogens (tertiary/aromatic N) is 2. The largest absolute Gasteiger partial charge is 0.508 e. The van der Waals surface area contributed by atoms with Crippen LogP contribution in [-0.4, -0.2) is 24.1 Å². The van der Waals surface area contributed by atoms with Crippen LogP contribution in [0.3, 0.4) is 0 Å². The zero-order valence-electron chi connectivity index (χ0n) is 9.41. The molecule has 80 valence electrons. The van der Waals surface area contributed by atoms with Gasteiger partial charge in [0.1, 0.15) is 5.75 Å². The number of rotatable bonds is 3. The Morgan fingerprint density at radius 2 is 2.07 bits per heavy atom. The number of benzene rings is 1. The quantitative estimate of drug-likeness (QED) is 0.817. The van der Waals surface area contributed by atoms with Crippen molar-refractivity contribution in [2.75, 3.05) is 14.1 Å². The number of hydrogen-bond donors (Lipinski definition) is 1. The smallest absolute Gasteiger partial charge is 0.120 e. The van der Waals surface area contributed by atoms with Gasteiger partial charge in [0.25, 0.3) is 0 Å². The van der Waals surface area contributed by atoms with Crippen molar-refractivity contribution in [2.45, 2.75) is 19.9 Å². The summed E-state index contributed by atoms with van der Waals surface area (Å²) in [5, 5.41) is 18.4. The maximum Gasteiger partial charge on any atom is 0.120 e. The van der Waals surface area contributed by atoms with Crippen LogP contribution in [-0.2, 0) is 13.0 Å². The Hall–Kier alpha value is -1.53. The van der Waals surface area contributed by atoms with Gasteiger partial charge in [-0.25, -0.2) is 0 Å². The first-order chi connectivity index (χ1) is 7.06. The average Bonchev–Trinajstić information content (AvgIpc) is 2.17. The lowest BCUT2D eigenvalue weighted by atomic mass is 9.99. The van der Waals surface area contributed by atoms with E-state index in [0.717, 1.165) is 16.7 Å². The first-order valence-corrected chi connectivity index (χ1v) is 4.88. The van der Waals surface area contributed by atoms with Gasteiger partial charge in [-0.05, 0) is 38.2 Å². The summed E-state index contributed by atoms with van der Waals surface area (Å²) in [7, 11) is 3.91. The summed E-state index contributed by atoms with van der Waals surface area (Å²) in [5.41, 5.74) is 2.92. The van der Waals surface area contributed by atoms with Crippen molar-refractivity contribution in [3.8, 4) is 11.8 Å². The highest BCUT2D eigenvalue weighted by Gasteiger charge is 2.09. The van der Waals surface area contributed by atoms with Gasteiger partial charge in [0.05, 0.1) is 12.5 Å². The van der Waals surface area contributed by atoms with Gasteiger partial charge in [-0.15, -0.1) is 0 Å². The minimum Gasteiger partial charge on any atom is -0.508 e. The van der Waals surface area contributed by atoms with E-state index in [2.05, 4.69) is 6.07 Å². The van der Waals surface area contributed by atoms with E-state index in [1.807, 2.05) is 32.0 Å². The van der Waals surface area contributed by atoms with Gasteiger partial charge in [0.2, 0.25) is 0 Å². The van der Waals surface area contributed by atoms with Crippen molar-refractivity contribution in [1.82, 2.24) is 4.90 Å². The van der Waals surface area contributed by atoms with E-state index >= 15 is 0 Å². The van der Waals surface area contributed by atoms with Crippen LogP contribution in [0.15, 0.2) is 12.1 Å². The molecule has 15 heavy (non-hydrogen) atoms. The molecule has 3 heteroatoms. The van der Waals surface area contributed by atoms with E-state index in [4.69, 9.17) is 5.26 Å². The van der Waals surface area contributed by atoms with Crippen LogP contribution in [0.2, 0.25) is 0 Å². The second kappa shape index (κ2) is 4.81. The summed E-state index contributed by atoms with van der Waals surface area (Å²) in [5.74, 6) is 0.308. The molecule has 0 aliphatic rings. The summed E-state index contributed by atoms with van der Waals surface area (Å²) in [4.78, 5) is 2.00. The molecule has 0 aliphatic carbocycles. The maximum absolute atomic E-state index is 9.72. The van der Waals surface area contributed by atoms with E-state index in [9.17, 15) is 5.11 Å². The standard InChI is InChI=1S/C12H16N2O/c1-9-10(6-7-13)4-5-12(15)11(9)8-14(2)3/h4-5,15H,6,8H2,1-3H3. The molecule has 1 aromatic rings. The lowest BCUT2D eigenvalue weighted by molar-refractivity contribution is 0.384. The van der Waals surface area contributed by atoms with Crippen LogP contribution in [0.1, 0.15) is 16.7 Å². The fourth-order valence-corrected chi connectivity index (χ4v) is 1.58. The Morgan fingerprint density at radius 3 is 2.60 bits per heavy atom. The highest BCUT2D eigenvalue weighted by Crippen LogP contribution is 2.25. The molecular weight excluding hydrogens is 188 g/mol. The summed E-state index contributed by atoms with van der Waals surface area (Å²) in [6.45, 7) is 2.64. The number of hydrogen-bond acceptors (Lipinski definition) is 3. The van der Waals surface area contributed by atoms with Crippen molar-refractivity contribution in [2.24, 2.45) is 0 Å². The van der Waals surface area contributed by atoms with E-state index in [1.165, 1.54) is 0 Å². The van der Waals surface area contributed by atoms with Crippen molar-refractivity contribution < 1.29 is 5.11 Å². The molecule has 0 atom stereocenters. The lowest BCUT2D eigenvalue weighted by Gasteiger charge is -2.15. The van der Waals surface area contributed by atoms with Crippen molar-refractivity contribution in [1.29, 1.82) is 5.26 Å². The van der Waals surface area contributed by atoms with E-state index < -0.39 is 0 Å². The number of nitriles is 1. The van der Waals surface area contributed by atoms with Crippen molar-refractivity contribution >= 4 is 0 Å². The number of phenols is 1. The van der Waals surface area contributed by atoms with Crippen LogP contribution in [0.25, 0.3) is 0 Å². The zero-order valence-corrected chi connectivity index (χ0v) is 9.41. The van der Waals surface area contributed by atoms with Gasteiger partial charge in [0.15, 0.2) is 0 Å². The molecule has 3 nitrogen and oxygen atoms in total. The summed E-state index contributed by atoms with van der Waals surface area (Å²) in [6.07, 6.45) is 0.395. The van der Waals surface area contributed by atoms with Crippen molar-refractivity contribution in [3.05, 3.63) is 28.8 Å². The van der Waals surface area contributed by atoms with E-state index in [1.54, 1.807) is 6.07 Å². The third-order valence-electron chi connectivity index (χ3n) is 2.43. The van der Waals surface area contributed by atoms with Crippen LogP contribution < -0.4 is 0 Å². The normalized spacial score (nSPS) is 10.3. The molecule has 1 rings (SSSR count). The molecule has 0 unspecified atom stereocenters. The molecule has 0 aliphatic heterocycles. The van der Waals surface area contributed by atoms with E-state index in [-0.39, 0.29) is 0 Å². The summed E-state index contributed by atoms with van der Waals surface area (Å²) >= 11 is 0. The minimum absolute atomic E-state index is 0.308. The first kappa shape index (κ1) is 11.5. The van der Waals surface area contributed by atoms with E-state index in [0.29, 0.717) is 18.7 Å². The zero-order chi connectivity index (χ0) is 11.4. The van der Waals surface area contributed by atoms with Crippen LogP contribution >= 0.6 is 0 Å². The molecule has 1 N–H and O–H groups in total. The molecule has 0 radical (unpaired) electrons. The van der Waals surface area contributed by atoms with Crippen LogP contribution in [0, 0.1) is 18.3 Å². The second-order valence-corrected chi connectivity index (χ2v) is 3.92. The molecule has 1 aromatic carbocycles. The monoisotopic (exact) mass is 204 g/mol. The molecular formula is C12H16N2O. The van der Waals surface area contributed by atoms with Crippen LogP contribution in [0.5, 0.6) is 5.75 Å². The van der Waals surface area contributed by atoms with Crippen LogP contribution in [0.4, 0.5) is 0 Å². The van der Waals surface area contributed by atoms with Gasteiger partial charge in [-0.2, -0.15) is 5.26 Å². The number of phenolic OH excluding ortho intramolecular Hbond substituents is 1. The Balaban J connectivity index is 3.13. The highest BCUT2D eigenvalue weighted by molar-refractivity contribution is 5.44. The Labute approximate surface area is 90.6 Å². The van der Waals surface area contributed by atoms with Gasteiger partial charge in [-0.3, -0.25) is 0 Å². The SMILES string of the molecule is Cc1c(CC#N)ccc(O)c1CN(C)C. The van der Waals surface area contributed by atoms with Gasteiger partial charge >= 0.3 is 0 Å². The molecule has 0 amide bonds. The van der Waals surface area contributed by atoms with Gasteiger partial charge in [0, 0.05) is 12.1 Å². The topological polar surface area (TPSA) is 47.3 Å². The molecule has 0 aromatic heterocycles. The molecule has 0 spiro atoms. The average molecular weight is 204 g/mol. The molecule has 0 heterocycles. The fourth-order valence-electron chi connectivity index (χ4n) is 1.58. The fraction of sp³-hybridized carbons (Fsp3) is 0.417. The Bertz CT molecular complexity index is 391. The lowest BCUT2D eigenvalue weighted by Crippen LogP contribution is -2.12. The third-order valence-corrected chi connectivity index (χ3v) is 2.43. The molecule has 0 fully saturated rings. The van der Waals surface area contributed by atoms with Crippen molar-refractivity contribution in [3.63, 3.8) is 0 Å². The maximum atomic E-state index is 9.72. The van der Waals surface area contributed by atoms with Gasteiger partial charge in [-0.1, -0.05) is 6.07 Å². The predicted molar refractivity (Wildman–Crippen MR) is 59.6 cm³/mol. The Kier molecular flexibility index (Phi) is 3.70. The first-order valence-electron chi connectivity index (χ1n) is 4.88. The summed E-state index contributed by atoms with van der Waals surface area (Å²) < 4.78 is 0.